The van der Waals surface area contributed by atoms with Gasteiger partial charge < -0.3 is 15.1 Å². The number of carboxylic acids is 1. The Balaban J connectivity index is 2.43. The number of aliphatic hydroxyl groups is 1. The second-order valence-electron chi connectivity index (χ2n) is 2.17. The van der Waals surface area contributed by atoms with Gasteiger partial charge in [-0.05, 0) is 12.5 Å². The zero-order chi connectivity index (χ0) is 7.56. The Labute approximate surface area is 58.4 Å². The predicted octanol–water partition coefficient (Wildman–Crippen LogP) is 0.176. The van der Waals surface area contributed by atoms with Gasteiger partial charge in [-0.3, -0.25) is 4.79 Å². The molecule has 2 N–H and O–H groups in total. The van der Waals surface area contributed by atoms with Gasteiger partial charge in [0.05, 0.1) is 0 Å². The Kier molecular flexibility index (Phi) is 1.80. The number of carbonyl (C=O) groups is 1. The van der Waals surface area contributed by atoms with Crippen LogP contribution < -0.4 is 0 Å². The maximum Gasteiger partial charge on any atom is 0.323 e. The summed E-state index contributed by atoms with van der Waals surface area (Å²) in [5, 5.41) is 17.3. The van der Waals surface area contributed by atoms with E-state index in [4.69, 9.17) is 10.2 Å². The highest BCUT2D eigenvalue weighted by molar-refractivity contribution is 5.69. The molecule has 1 heterocycles. The molecule has 0 aromatic carbocycles. The summed E-state index contributed by atoms with van der Waals surface area (Å²) in [6, 6.07) is 0. The Morgan fingerprint density at radius 3 is 2.90 bits per heavy atom. The van der Waals surface area contributed by atoms with E-state index in [2.05, 4.69) is 0 Å². The molecule has 1 rings (SSSR count). The Bertz CT molecular complexity index is 176. The molecule has 4 nitrogen and oxygen atoms in total. The van der Waals surface area contributed by atoms with E-state index >= 15 is 0 Å². The highest BCUT2D eigenvalue weighted by Gasteiger charge is 2.15. The fourth-order valence-corrected chi connectivity index (χ4v) is 0.916. The lowest BCUT2D eigenvalue weighted by Crippen LogP contribution is -2.26. The molecule has 0 amide bonds. The van der Waals surface area contributed by atoms with Crippen LogP contribution in [0.1, 0.15) is 6.42 Å². The van der Waals surface area contributed by atoms with Gasteiger partial charge in [0.2, 0.25) is 0 Å². The van der Waals surface area contributed by atoms with Gasteiger partial charge in [-0.2, -0.15) is 0 Å². The SMILES string of the molecule is O=C(O)CN1CCC=C1O. The molecular weight excluding hydrogens is 134 g/mol. The van der Waals surface area contributed by atoms with Gasteiger partial charge in [0.15, 0.2) is 5.88 Å². The van der Waals surface area contributed by atoms with Gasteiger partial charge in [0.1, 0.15) is 6.54 Å². The minimum atomic E-state index is -0.915. The highest BCUT2D eigenvalue weighted by atomic mass is 16.4. The highest BCUT2D eigenvalue weighted by Crippen LogP contribution is 2.10. The van der Waals surface area contributed by atoms with Gasteiger partial charge in [0, 0.05) is 6.54 Å². The minimum absolute atomic E-state index is 0.0856. The van der Waals surface area contributed by atoms with Crippen molar-refractivity contribution in [1.29, 1.82) is 0 Å². The molecule has 1 aliphatic rings. The van der Waals surface area contributed by atoms with Crippen molar-refractivity contribution in [3.05, 3.63) is 12.0 Å². The predicted molar refractivity (Wildman–Crippen MR) is 34.5 cm³/mol. The van der Waals surface area contributed by atoms with Crippen LogP contribution in [0.25, 0.3) is 0 Å². The number of aliphatic carboxylic acids is 1. The summed E-state index contributed by atoms with van der Waals surface area (Å²) in [7, 11) is 0. The molecule has 0 unspecified atom stereocenters. The third-order valence-electron chi connectivity index (χ3n) is 1.38. The van der Waals surface area contributed by atoms with Crippen molar-refractivity contribution < 1.29 is 15.0 Å². The van der Waals surface area contributed by atoms with Crippen molar-refractivity contribution >= 4 is 5.97 Å². The van der Waals surface area contributed by atoms with Crippen molar-refractivity contribution in [1.82, 2.24) is 4.90 Å². The van der Waals surface area contributed by atoms with Crippen LogP contribution in [0.2, 0.25) is 0 Å². The average molecular weight is 143 g/mol. The summed E-state index contributed by atoms with van der Waals surface area (Å²) >= 11 is 0. The minimum Gasteiger partial charge on any atom is -0.495 e. The average Bonchev–Trinajstić information content (AvgIpc) is 2.15. The van der Waals surface area contributed by atoms with Gasteiger partial charge in [-0.15, -0.1) is 0 Å². The van der Waals surface area contributed by atoms with Crippen molar-refractivity contribution in [3.63, 3.8) is 0 Å². The molecular formula is C6H9NO3. The molecule has 0 atom stereocenters. The number of hydrogen-bond donors (Lipinski definition) is 2. The number of nitrogens with zero attached hydrogens (tertiary/aromatic N) is 1. The summed E-state index contributed by atoms with van der Waals surface area (Å²) in [4.78, 5) is 11.5. The van der Waals surface area contributed by atoms with Gasteiger partial charge >= 0.3 is 5.97 Å². The molecule has 4 heteroatoms. The van der Waals surface area contributed by atoms with Crippen LogP contribution in [-0.4, -0.2) is 34.2 Å². The number of hydrogen-bond acceptors (Lipinski definition) is 3. The molecule has 0 fully saturated rings. The maximum absolute atomic E-state index is 10.1. The molecule has 0 radical (unpaired) electrons. The molecule has 0 saturated heterocycles. The Morgan fingerprint density at radius 1 is 1.80 bits per heavy atom. The van der Waals surface area contributed by atoms with Crippen LogP contribution >= 0.6 is 0 Å². The number of rotatable bonds is 2. The quantitative estimate of drug-likeness (QED) is 0.578. The summed E-state index contributed by atoms with van der Waals surface area (Å²) < 4.78 is 0. The third kappa shape index (κ3) is 1.40. The molecule has 0 bridgehead atoms. The smallest absolute Gasteiger partial charge is 0.323 e. The lowest BCUT2D eigenvalue weighted by molar-refractivity contribution is -0.138. The first-order valence-corrected chi connectivity index (χ1v) is 3.06. The molecule has 0 saturated carbocycles. The number of aliphatic hydroxyl groups excluding tert-OH is 1. The molecule has 0 aromatic rings. The second-order valence-corrected chi connectivity index (χ2v) is 2.17. The van der Waals surface area contributed by atoms with Crippen LogP contribution in [0.15, 0.2) is 12.0 Å². The summed E-state index contributed by atoms with van der Waals surface area (Å²) in [6.07, 6.45) is 2.35. The van der Waals surface area contributed by atoms with Crippen molar-refractivity contribution in [2.75, 3.05) is 13.1 Å². The molecule has 0 aromatic heterocycles. The molecule has 56 valence electrons. The summed E-state index contributed by atoms with van der Waals surface area (Å²) in [5.74, 6) is -0.829. The Morgan fingerprint density at radius 2 is 2.50 bits per heavy atom. The van der Waals surface area contributed by atoms with Crippen LogP contribution in [0, 0.1) is 0 Å². The topological polar surface area (TPSA) is 60.8 Å². The van der Waals surface area contributed by atoms with E-state index in [-0.39, 0.29) is 12.4 Å². The summed E-state index contributed by atoms with van der Waals surface area (Å²) in [5.41, 5.74) is 0. The van der Waals surface area contributed by atoms with Crippen molar-refractivity contribution in [3.8, 4) is 0 Å². The molecule has 0 aliphatic carbocycles. The molecule has 1 aliphatic heterocycles. The van der Waals surface area contributed by atoms with E-state index in [1.807, 2.05) is 0 Å². The normalized spacial score (nSPS) is 17.2. The van der Waals surface area contributed by atoms with Gasteiger partial charge in [-0.25, -0.2) is 0 Å². The third-order valence-corrected chi connectivity index (χ3v) is 1.38. The first-order valence-electron chi connectivity index (χ1n) is 3.06. The fraction of sp³-hybridized carbons (Fsp3) is 0.500. The zero-order valence-corrected chi connectivity index (χ0v) is 5.45. The largest absolute Gasteiger partial charge is 0.495 e. The lowest BCUT2D eigenvalue weighted by Gasteiger charge is -2.14. The van der Waals surface area contributed by atoms with Crippen molar-refractivity contribution in [2.45, 2.75) is 6.42 Å². The monoisotopic (exact) mass is 143 g/mol. The van der Waals surface area contributed by atoms with Crippen LogP contribution in [0.3, 0.4) is 0 Å². The van der Waals surface area contributed by atoms with E-state index in [0.29, 0.717) is 6.54 Å². The van der Waals surface area contributed by atoms with Crippen LogP contribution in [-0.2, 0) is 4.79 Å². The standard InChI is InChI=1S/C6H9NO3/c8-5-2-1-3-7(5)4-6(9)10/h2,8H,1,3-4H2,(H,9,10). The first kappa shape index (κ1) is 6.92. The van der Waals surface area contributed by atoms with E-state index in [9.17, 15) is 4.79 Å². The number of carboxylic acid groups (broad SMARTS) is 1. The zero-order valence-electron chi connectivity index (χ0n) is 5.45. The Hall–Kier alpha value is -1.19. The summed E-state index contributed by atoms with van der Waals surface area (Å²) in [6.45, 7) is 0.500. The van der Waals surface area contributed by atoms with E-state index in [1.54, 1.807) is 6.08 Å². The van der Waals surface area contributed by atoms with Crippen LogP contribution in [0.5, 0.6) is 0 Å². The van der Waals surface area contributed by atoms with Gasteiger partial charge in [-0.1, -0.05) is 0 Å². The van der Waals surface area contributed by atoms with Crippen molar-refractivity contribution in [2.24, 2.45) is 0 Å². The van der Waals surface area contributed by atoms with Crippen LogP contribution in [0.4, 0.5) is 0 Å². The van der Waals surface area contributed by atoms with E-state index in [1.165, 1.54) is 4.90 Å². The van der Waals surface area contributed by atoms with E-state index < -0.39 is 5.97 Å². The van der Waals surface area contributed by atoms with E-state index in [0.717, 1.165) is 6.42 Å². The molecule has 0 spiro atoms. The molecule has 10 heavy (non-hydrogen) atoms. The maximum atomic E-state index is 10.1. The first-order chi connectivity index (χ1) is 4.70. The second kappa shape index (κ2) is 2.60. The fourth-order valence-electron chi connectivity index (χ4n) is 0.916. The van der Waals surface area contributed by atoms with Gasteiger partial charge in [0.25, 0.3) is 0 Å². The lowest BCUT2D eigenvalue weighted by atomic mass is 10.5.